The number of hydrogen-bond acceptors (Lipinski definition) is 3. The number of halogens is 6. The lowest BCUT2D eigenvalue weighted by Gasteiger charge is -2.38. The zero-order chi connectivity index (χ0) is 25.9. The molecule has 0 bridgehead atoms. The van der Waals surface area contributed by atoms with E-state index in [4.69, 9.17) is 9.47 Å². The fourth-order valence-electron chi connectivity index (χ4n) is 3.69. The molecule has 0 aliphatic carbocycles. The first-order valence-electron chi connectivity index (χ1n) is 10.3. The van der Waals surface area contributed by atoms with E-state index in [9.17, 15) is 31.1 Å². The van der Waals surface area contributed by atoms with Gasteiger partial charge in [0.25, 0.3) is 0 Å². The van der Waals surface area contributed by atoms with Crippen LogP contribution in [0.5, 0.6) is 11.5 Å². The number of benzene rings is 3. The second-order valence-corrected chi connectivity index (χ2v) is 7.59. The second-order valence-electron chi connectivity index (χ2n) is 7.59. The van der Waals surface area contributed by atoms with Crippen molar-refractivity contribution < 1.29 is 40.6 Å². The van der Waals surface area contributed by atoms with Gasteiger partial charge in [0.15, 0.2) is 0 Å². The van der Waals surface area contributed by atoms with Crippen LogP contribution in [-0.2, 0) is 10.2 Å². The normalized spacial score (nSPS) is 13.1. The Kier molecular flexibility index (Phi) is 7.28. The lowest BCUT2D eigenvalue weighted by Crippen LogP contribution is -2.54. The molecule has 0 saturated carbocycles. The number of rotatable bonds is 7. The molecule has 0 amide bonds. The van der Waals surface area contributed by atoms with E-state index in [1.165, 1.54) is 0 Å². The third kappa shape index (κ3) is 5.18. The molecule has 3 aromatic carbocycles. The van der Waals surface area contributed by atoms with E-state index in [-0.39, 0.29) is 11.5 Å². The van der Waals surface area contributed by atoms with Crippen LogP contribution in [0.4, 0.5) is 26.3 Å². The first kappa shape index (κ1) is 25.9. The number of ether oxygens (including phenoxy) is 2. The Morgan fingerprint density at radius 3 is 1.66 bits per heavy atom. The van der Waals surface area contributed by atoms with Crippen molar-refractivity contribution in [1.29, 1.82) is 0 Å². The predicted molar refractivity (Wildman–Crippen MR) is 117 cm³/mol. The Morgan fingerprint density at radius 2 is 1.23 bits per heavy atom. The summed E-state index contributed by atoms with van der Waals surface area (Å²) >= 11 is 0. The van der Waals surface area contributed by atoms with Crippen LogP contribution < -0.4 is 9.47 Å². The van der Waals surface area contributed by atoms with Gasteiger partial charge in [-0.15, -0.1) is 0 Å². The van der Waals surface area contributed by atoms with Crippen molar-refractivity contribution >= 4 is 5.97 Å². The van der Waals surface area contributed by atoms with Crippen molar-refractivity contribution in [2.45, 2.75) is 30.8 Å². The molecule has 3 rings (SSSR count). The Morgan fingerprint density at radius 1 is 0.771 bits per heavy atom. The maximum Gasteiger partial charge on any atom is 0.411 e. The Balaban J connectivity index is 2.03. The molecule has 0 aromatic heterocycles. The van der Waals surface area contributed by atoms with Gasteiger partial charge in [-0.2, -0.15) is 26.3 Å². The summed E-state index contributed by atoms with van der Waals surface area (Å²) in [6.45, 7) is 4.89. The van der Waals surface area contributed by atoms with Crippen molar-refractivity contribution in [1.82, 2.24) is 0 Å². The molecule has 0 aliphatic rings. The monoisotopic (exact) mass is 494 g/mol. The van der Waals surface area contributed by atoms with Crippen molar-refractivity contribution in [3.8, 4) is 11.5 Å². The van der Waals surface area contributed by atoms with Crippen molar-refractivity contribution in [2.75, 3.05) is 0 Å². The first-order chi connectivity index (χ1) is 16.4. The number of alkyl halides is 6. The summed E-state index contributed by atoms with van der Waals surface area (Å²) < 4.78 is 96.2. The molecule has 3 aromatic rings. The summed E-state index contributed by atoms with van der Waals surface area (Å²) in [4.78, 5) is 11.3. The van der Waals surface area contributed by atoms with Gasteiger partial charge in [-0.25, -0.2) is 4.79 Å². The third-order valence-corrected chi connectivity index (χ3v) is 5.39. The molecule has 0 saturated heterocycles. The molecule has 0 spiro atoms. The zero-order valence-corrected chi connectivity index (χ0v) is 18.4. The van der Waals surface area contributed by atoms with Gasteiger partial charge in [0, 0.05) is 6.08 Å². The van der Waals surface area contributed by atoms with Crippen molar-refractivity contribution in [3.05, 3.63) is 108 Å². The minimum Gasteiger partial charge on any atom is -0.486 e. The maximum absolute atomic E-state index is 14.3. The average molecular weight is 494 g/mol. The number of hydrogen-bond donors (Lipinski definition) is 0. The van der Waals surface area contributed by atoms with Crippen LogP contribution in [0.15, 0.2) is 91.5 Å². The van der Waals surface area contributed by atoms with Crippen LogP contribution >= 0.6 is 0 Å². The Bertz CT molecular complexity index is 1140. The highest BCUT2D eigenvalue weighted by molar-refractivity contribution is 5.83. The van der Waals surface area contributed by atoms with E-state index < -0.39 is 41.0 Å². The highest BCUT2D eigenvalue weighted by Crippen LogP contribution is 2.56. The standard InChI is InChI=1S/C26H20F6O3/c1-3-23(33)35-22-15-11-20(12-16-22)24(25(27,28)29,26(30,31)32)19-9-13-21(14-10-19)34-17(2)18-7-5-4-6-8-18/h3-17H,1H2,2H3. The van der Waals surface area contributed by atoms with Crippen LogP contribution in [0.3, 0.4) is 0 Å². The Hall–Kier alpha value is -3.75. The van der Waals surface area contributed by atoms with E-state index in [0.717, 1.165) is 48.0 Å². The molecular weight excluding hydrogens is 474 g/mol. The molecule has 1 unspecified atom stereocenters. The average Bonchev–Trinajstić information content (AvgIpc) is 2.80. The Labute approximate surface area is 197 Å². The van der Waals surface area contributed by atoms with E-state index in [1.807, 2.05) is 0 Å². The van der Waals surface area contributed by atoms with Gasteiger partial charge in [-0.1, -0.05) is 61.2 Å². The molecule has 9 heteroatoms. The van der Waals surface area contributed by atoms with Gasteiger partial charge in [0.2, 0.25) is 5.41 Å². The number of carbonyl (C=O) groups excluding carboxylic acids is 1. The fourth-order valence-corrected chi connectivity index (χ4v) is 3.69. The SMILES string of the molecule is C=CC(=O)Oc1ccc(C(c2ccc(OC(C)c3ccccc3)cc2)(C(F)(F)F)C(F)(F)F)cc1. The van der Waals surface area contributed by atoms with Crippen LogP contribution in [-0.4, -0.2) is 18.3 Å². The van der Waals surface area contributed by atoms with Crippen LogP contribution in [0, 0.1) is 0 Å². The topological polar surface area (TPSA) is 35.5 Å². The van der Waals surface area contributed by atoms with Crippen molar-refractivity contribution in [3.63, 3.8) is 0 Å². The molecule has 0 heterocycles. The minimum atomic E-state index is -5.75. The summed E-state index contributed by atoms with van der Waals surface area (Å²) in [6.07, 6.45) is -11.2. The molecule has 0 fully saturated rings. The summed E-state index contributed by atoms with van der Waals surface area (Å²) in [7, 11) is 0. The zero-order valence-electron chi connectivity index (χ0n) is 18.4. The molecule has 0 radical (unpaired) electrons. The fraction of sp³-hybridized carbons (Fsp3) is 0.192. The molecule has 3 nitrogen and oxygen atoms in total. The molecule has 35 heavy (non-hydrogen) atoms. The lowest BCUT2D eigenvalue weighted by atomic mass is 9.73. The first-order valence-corrected chi connectivity index (χ1v) is 10.3. The smallest absolute Gasteiger partial charge is 0.411 e. The van der Waals surface area contributed by atoms with Gasteiger partial charge in [0.05, 0.1) is 0 Å². The molecule has 0 N–H and O–H groups in total. The number of esters is 1. The minimum absolute atomic E-state index is 0.107. The summed E-state index contributed by atoms with van der Waals surface area (Å²) in [5.74, 6) is -1.03. The quantitative estimate of drug-likeness (QED) is 0.149. The molecule has 0 aliphatic heterocycles. The summed E-state index contributed by atoms with van der Waals surface area (Å²) in [5.41, 5.74) is -5.66. The molecular formula is C26H20F6O3. The summed E-state index contributed by atoms with van der Waals surface area (Å²) in [6, 6.07) is 15.6. The number of carbonyl (C=O) groups is 1. The van der Waals surface area contributed by atoms with Crippen molar-refractivity contribution in [2.24, 2.45) is 0 Å². The predicted octanol–water partition coefficient (Wildman–Crippen LogP) is 7.33. The van der Waals surface area contributed by atoms with E-state index in [0.29, 0.717) is 12.1 Å². The van der Waals surface area contributed by atoms with Gasteiger partial charge in [0.1, 0.15) is 17.6 Å². The van der Waals surface area contributed by atoms with E-state index in [2.05, 4.69) is 6.58 Å². The van der Waals surface area contributed by atoms with Crippen LogP contribution in [0.1, 0.15) is 29.7 Å². The van der Waals surface area contributed by atoms with Gasteiger partial charge < -0.3 is 9.47 Å². The maximum atomic E-state index is 14.3. The molecule has 184 valence electrons. The van der Waals surface area contributed by atoms with Gasteiger partial charge >= 0.3 is 18.3 Å². The third-order valence-electron chi connectivity index (χ3n) is 5.39. The van der Waals surface area contributed by atoms with Gasteiger partial charge in [-0.3, -0.25) is 0 Å². The lowest BCUT2D eigenvalue weighted by molar-refractivity contribution is -0.288. The summed E-state index contributed by atoms with van der Waals surface area (Å²) in [5, 5.41) is 0. The van der Waals surface area contributed by atoms with Gasteiger partial charge in [-0.05, 0) is 47.9 Å². The van der Waals surface area contributed by atoms with Crippen LogP contribution in [0.25, 0.3) is 0 Å². The molecule has 1 atom stereocenters. The van der Waals surface area contributed by atoms with E-state index >= 15 is 0 Å². The van der Waals surface area contributed by atoms with Crippen LogP contribution in [0.2, 0.25) is 0 Å². The second kappa shape index (κ2) is 9.85. The highest BCUT2D eigenvalue weighted by Gasteiger charge is 2.72. The largest absolute Gasteiger partial charge is 0.486 e. The highest BCUT2D eigenvalue weighted by atomic mass is 19.4. The van der Waals surface area contributed by atoms with E-state index in [1.54, 1.807) is 37.3 Å².